The molecule has 0 radical (unpaired) electrons. The van der Waals surface area contributed by atoms with Crippen molar-refractivity contribution >= 4 is 35.1 Å². The van der Waals surface area contributed by atoms with Crippen LogP contribution < -0.4 is 16.0 Å². The molecule has 7 heteroatoms. The quantitative estimate of drug-likeness (QED) is 0.720. The monoisotopic (exact) mass is 337 g/mol. The molecule has 2 amide bonds. The van der Waals surface area contributed by atoms with Crippen LogP contribution in [0.2, 0.25) is 0 Å². The summed E-state index contributed by atoms with van der Waals surface area (Å²) in [6.45, 7) is 6.76. The van der Waals surface area contributed by atoms with Gasteiger partial charge < -0.3 is 20.7 Å². The van der Waals surface area contributed by atoms with Crippen molar-refractivity contribution < 1.29 is 14.3 Å². The summed E-state index contributed by atoms with van der Waals surface area (Å²) in [4.78, 5) is 24.0. The molecule has 1 aromatic carbocycles. The number of hydrogen-bond acceptors (Lipinski definition) is 5. The van der Waals surface area contributed by atoms with E-state index in [0.717, 1.165) is 29.2 Å². The Balaban J connectivity index is 1.70. The van der Waals surface area contributed by atoms with E-state index < -0.39 is 11.7 Å². The van der Waals surface area contributed by atoms with Crippen LogP contribution in [-0.2, 0) is 9.53 Å². The molecule has 1 heterocycles. The van der Waals surface area contributed by atoms with Gasteiger partial charge in [-0.2, -0.15) is 0 Å². The average Bonchev–Trinajstić information content (AvgIpc) is 2.44. The van der Waals surface area contributed by atoms with Crippen LogP contribution in [0.4, 0.5) is 16.2 Å². The highest BCUT2D eigenvalue weighted by molar-refractivity contribution is 8.00. The summed E-state index contributed by atoms with van der Waals surface area (Å²) in [6.07, 6.45) is 0.378. The zero-order valence-corrected chi connectivity index (χ0v) is 14.5. The zero-order valence-electron chi connectivity index (χ0n) is 13.7. The molecule has 1 aliphatic rings. The van der Waals surface area contributed by atoms with Gasteiger partial charge in [0, 0.05) is 23.7 Å². The maximum atomic E-state index is 11.5. The molecule has 6 nitrogen and oxygen atoms in total. The first-order valence-corrected chi connectivity index (χ1v) is 8.59. The number of rotatable bonds is 5. The highest BCUT2D eigenvalue weighted by Gasteiger charge is 2.16. The van der Waals surface area contributed by atoms with E-state index in [4.69, 9.17) is 4.74 Å². The molecule has 23 heavy (non-hydrogen) atoms. The van der Waals surface area contributed by atoms with Crippen molar-refractivity contribution in [2.75, 3.05) is 29.5 Å². The van der Waals surface area contributed by atoms with Gasteiger partial charge in [0.1, 0.15) is 5.60 Å². The van der Waals surface area contributed by atoms with Gasteiger partial charge in [-0.1, -0.05) is 0 Å². The second-order valence-corrected chi connectivity index (χ2v) is 7.27. The minimum absolute atomic E-state index is 0.0289. The lowest BCUT2D eigenvalue weighted by Gasteiger charge is -2.19. The van der Waals surface area contributed by atoms with Crippen molar-refractivity contribution in [3.63, 3.8) is 0 Å². The summed E-state index contributed by atoms with van der Waals surface area (Å²) >= 11 is 1.54. The van der Waals surface area contributed by atoms with Crippen molar-refractivity contribution in [3.8, 4) is 0 Å². The Bertz CT molecular complexity index is 584. The Hall–Kier alpha value is -1.89. The Kier molecular flexibility index (Phi) is 5.76. The van der Waals surface area contributed by atoms with E-state index in [-0.39, 0.29) is 5.91 Å². The number of ether oxygens (including phenoxy) is 1. The molecule has 0 aliphatic carbocycles. The number of hydrogen-bond donors (Lipinski definition) is 3. The summed E-state index contributed by atoms with van der Waals surface area (Å²) < 4.78 is 5.16. The van der Waals surface area contributed by atoms with Crippen molar-refractivity contribution in [1.29, 1.82) is 0 Å². The standard InChI is InChI=1S/C16H23N3O3S/c1-16(2,3)22-15(21)18-8-4-7-17-11-5-6-13-12(9-11)19-14(20)10-23-13/h5-6,9,17H,4,7-8,10H2,1-3H3,(H,18,21)(H,19,20). The predicted molar refractivity (Wildman–Crippen MR) is 93.1 cm³/mol. The van der Waals surface area contributed by atoms with Gasteiger partial charge in [-0.15, -0.1) is 11.8 Å². The Morgan fingerprint density at radius 3 is 2.87 bits per heavy atom. The second kappa shape index (κ2) is 7.59. The third kappa shape index (κ3) is 6.02. The minimum Gasteiger partial charge on any atom is -0.444 e. The molecule has 126 valence electrons. The van der Waals surface area contributed by atoms with Crippen molar-refractivity contribution in [2.45, 2.75) is 37.7 Å². The molecule has 3 N–H and O–H groups in total. The van der Waals surface area contributed by atoms with Gasteiger partial charge in [-0.25, -0.2) is 4.79 Å². The first kappa shape index (κ1) is 17.5. The van der Waals surface area contributed by atoms with Crippen LogP contribution in [0, 0.1) is 0 Å². The number of fused-ring (bicyclic) bond motifs is 1. The molecule has 0 spiro atoms. The van der Waals surface area contributed by atoms with Crippen LogP contribution in [0.5, 0.6) is 0 Å². The van der Waals surface area contributed by atoms with E-state index in [0.29, 0.717) is 12.3 Å². The fraction of sp³-hybridized carbons (Fsp3) is 0.500. The third-order valence-corrected chi connectivity index (χ3v) is 4.04. The molecular weight excluding hydrogens is 314 g/mol. The van der Waals surface area contributed by atoms with E-state index in [2.05, 4.69) is 16.0 Å². The fourth-order valence-corrected chi connectivity index (χ4v) is 2.81. The Labute approximate surface area is 140 Å². The van der Waals surface area contributed by atoms with E-state index in [1.165, 1.54) is 0 Å². The predicted octanol–water partition coefficient (Wildman–Crippen LogP) is 3.06. The molecule has 0 saturated carbocycles. The molecule has 0 unspecified atom stereocenters. The number of thioether (sulfide) groups is 1. The van der Waals surface area contributed by atoms with Crippen LogP contribution in [0.25, 0.3) is 0 Å². The number of alkyl carbamates (subject to hydrolysis) is 1. The van der Waals surface area contributed by atoms with Crippen molar-refractivity contribution in [1.82, 2.24) is 5.32 Å². The highest BCUT2D eigenvalue weighted by Crippen LogP contribution is 2.33. The van der Waals surface area contributed by atoms with Gasteiger partial charge in [0.15, 0.2) is 0 Å². The molecule has 1 aromatic rings. The Morgan fingerprint density at radius 2 is 2.13 bits per heavy atom. The molecule has 2 rings (SSSR count). The molecule has 0 bridgehead atoms. The number of nitrogens with one attached hydrogen (secondary N) is 3. The van der Waals surface area contributed by atoms with E-state index in [1.807, 2.05) is 39.0 Å². The van der Waals surface area contributed by atoms with Crippen molar-refractivity contribution in [2.24, 2.45) is 0 Å². The number of carbonyl (C=O) groups excluding carboxylic acids is 2. The Morgan fingerprint density at radius 1 is 1.35 bits per heavy atom. The lowest BCUT2D eigenvalue weighted by molar-refractivity contribution is -0.113. The maximum absolute atomic E-state index is 11.5. The van der Waals surface area contributed by atoms with Crippen LogP contribution in [0.15, 0.2) is 23.1 Å². The molecule has 1 aliphatic heterocycles. The van der Waals surface area contributed by atoms with Gasteiger partial charge in [-0.05, 0) is 45.4 Å². The number of carbonyl (C=O) groups is 2. The first-order valence-electron chi connectivity index (χ1n) is 7.61. The highest BCUT2D eigenvalue weighted by atomic mass is 32.2. The van der Waals surface area contributed by atoms with Crippen LogP contribution in [0.1, 0.15) is 27.2 Å². The van der Waals surface area contributed by atoms with E-state index >= 15 is 0 Å². The summed E-state index contributed by atoms with van der Waals surface area (Å²) in [6, 6.07) is 5.92. The van der Waals surface area contributed by atoms with Gasteiger partial charge in [0.25, 0.3) is 0 Å². The molecular formula is C16H23N3O3S. The first-order chi connectivity index (χ1) is 10.8. The van der Waals surface area contributed by atoms with Crippen LogP contribution >= 0.6 is 11.8 Å². The van der Waals surface area contributed by atoms with Crippen LogP contribution in [0.3, 0.4) is 0 Å². The second-order valence-electron chi connectivity index (χ2n) is 6.26. The zero-order chi connectivity index (χ0) is 16.9. The number of anilines is 2. The van der Waals surface area contributed by atoms with Gasteiger partial charge >= 0.3 is 6.09 Å². The maximum Gasteiger partial charge on any atom is 0.407 e. The van der Waals surface area contributed by atoms with Gasteiger partial charge in [0.2, 0.25) is 5.91 Å². The molecule has 0 saturated heterocycles. The lowest BCUT2D eigenvalue weighted by atomic mass is 10.2. The largest absolute Gasteiger partial charge is 0.444 e. The third-order valence-electron chi connectivity index (χ3n) is 2.96. The van der Waals surface area contributed by atoms with E-state index in [1.54, 1.807) is 11.8 Å². The smallest absolute Gasteiger partial charge is 0.407 e. The SMILES string of the molecule is CC(C)(C)OC(=O)NCCCNc1ccc2c(c1)NC(=O)CS2. The number of benzene rings is 1. The minimum atomic E-state index is -0.478. The normalized spacial score (nSPS) is 13.8. The van der Waals surface area contributed by atoms with Crippen LogP contribution in [-0.4, -0.2) is 36.4 Å². The number of amides is 2. The molecule has 0 fully saturated rings. The van der Waals surface area contributed by atoms with Gasteiger partial charge in [0.05, 0.1) is 11.4 Å². The molecule has 0 atom stereocenters. The van der Waals surface area contributed by atoms with Gasteiger partial charge in [-0.3, -0.25) is 4.79 Å². The summed E-state index contributed by atoms with van der Waals surface area (Å²) in [7, 11) is 0. The van der Waals surface area contributed by atoms with Crippen molar-refractivity contribution in [3.05, 3.63) is 18.2 Å². The lowest BCUT2D eigenvalue weighted by Crippen LogP contribution is -2.33. The summed E-state index contributed by atoms with van der Waals surface area (Å²) in [5.74, 6) is 0.497. The summed E-state index contributed by atoms with van der Waals surface area (Å²) in [5.41, 5.74) is 1.32. The molecule has 0 aromatic heterocycles. The fourth-order valence-electron chi connectivity index (χ4n) is 2.02. The topological polar surface area (TPSA) is 79.5 Å². The van der Waals surface area contributed by atoms with E-state index in [9.17, 15) is 9.59 Å². The average molecular weight is 337 g/mol. The summed E-state index contributed by atoms with van der Waals surface area (Å²) in [5, 5.41) is 8.86.